The van der Waals surface area contributed by atoms with E-state index in [4.69, 9.17) is 4.74 Å². The molecule has 1 N–H and O–H groups in total. The van der Waals surface area contributed by atoms with Crippen LogP contribution in [0.15, 0.2) is 28.7 Å². The predicted molar refractivity (Wildman–Crippen MR) is 86.1 cm³/mol. The second kappa shape index (κ2) is 6.59. The molecule has 1 aliphatic carbocycles. The second-order valence-corrected chi connectivity index (χ2v) is 7.23. The van der Waals surface area contributed by atoms with E-state index in [9.17, 15) is 0 Å². The molecule has 3 unspecified atom stereocenters. The first-order chi connectivity index (χ1) is 9.70. The summed E-state index contributed by atoms with van der Waals surface area (Å²) in [6, 6.07) is 9.53. The highest BCUT2D eigenvalue weighted by molar-refractivity contribution is 9.10. The van der Waals surface area contributed by atoms with Crippen LogP contribution in [0.4, 0.5) is 0 Å². The minimum Gasteiger partial charge on any atom is -0.375 e. The summed E-state index contributed by atoms with van der Waals surface area (Å²) < 4.78 is 7.20. The van der Waals surface area contributed by atoms with Gasteiger partial charge in [-0.2, -0.15) is 0 Å². The molecular weight excluding hydrogens is 314 g/mol. The van der Waals surface area contributed by atoms with E-state index in [0.29, 0.717) is 18.1 Å². The summed E-state index contributed by atoms with van der Waals surface area (Å²) in [6.45, 7) is 3.27. The minimum absolute atomic E-state index is 0.440. The van der Waals surface area contributed by atoms with Gasteiger partial charge in [-0.05, 0) is 62.6 Å². The Morgan fingerprint density at radius 1 is 1.30 bits per heavy atom. The van der Waals surface area contributed by atoms with Gasteiger partial charge in [0.05, 0.1) is 12.2 Å². The second-order valence-electron chi connectivity index (χ2n) is 6.32. The maximum atomic E-state index is 6.03. The van der Waals surface area contributed by atoms with Crippen LogP contribution in [0, 0.1) is 0 Å². The van der Waals surface area contributed by atoms with Crippen molar-refractivity contribution in [1.82, 2.24) is 5.32 Å². The molecule has 2 fully saturated rings. The molecule has 3 heteroatoms. The van der Waals surface area contributed by atoms with Crippen LogP contribution in [0.1, 0.15) is 50.5 Å². The Labute approximate surface area is 130 Å². The molecule has 0 radical (unpaired) electrons. The highest BCUT2D eigenvalue weighted by Crippen LogP contribution is 2.31. The fourth-order valence-corrected chi connectivity index (χ4v) is 3.49. The van der Waals surface area contributed by atoms with Crippen LogP contribution < -0.4 is 5.32 Å². The van der Waals surface area contributed by atoms with E-state index in [1.165, 1.54) is 35.7 Å². The lowest BCUT2D eigenvalue weighted by Gasteiger charge is -2.22. The van der Waals surface area contributed by atoms with Gasteiger partial charge in [0, 0.05) is 17.1 Å². The summed E-state index contributed by atoms with van der Waals surface area (Å²) in [5.74, 6) is 0.559. The van der Waals surface area contributed by atoms with Crippen molar-refractivity contribution in [2.24, 2.45) is 0 Å². The van der Waals surface area contributed by atoms with Gasteiger partial charge >= 0.3 is 0 Å². The van der Waals surface area contributed by atoms with E-state index in [1.807, 2.05) is 0 Å². The Morgan fingerprint density at radius 2 is 2.15 bits per heavy atom. The third-order valence-corrected chi connectivity index (χ3v) is 4.91. The summed E-state index contributed by atoms with van der Waals surface area (Å²) >= 11 is 3.59. The van der Waals surface area contributed by atoms with Crippen LogP contribution in [0.2, 0.25) is 0 Å². The molecule has 2 aliphatic rings. The molecule has 3 atom stereocenters. The molecule has 3 rings (SSSR count). The summed E-state index contributed by atoms with van der Waals surface area (Å²) in [6.07, 6.45) is 7.15. The molecule has 2 nitrogen and oxygen atoms in total. The summed E-state index contributed by atoms with van der Waals surface area (Å²) in [4.78, 5) is 0. The monoisotopic (exact) mass is 337 g/mol. The van der Waals surface area contributed by atoms with Gasteiger partial charge in [0.2, 0.25) is 0 Å². The molecular formula is C17H24BrNO. The SMILES string of the molecule is CC1CCC(CC(CNC2CC2)c2cccc(Br)c2)O1. The van der Waals surface area contributed by atoms with Crippen LogP contribution in [0.3, 0.4) is 0 Å². The Bertz CT molecular complexity index is 446. The fourth-order valence-electron chi connectivity index (χ4n) is 3.07. The van der Waals surface area contributed by atoms with Crippen molar-refractivity contribution in [3.63, 3.8) is 0 Å². The molecule has 110 valence electrons. The van der Waals surface area contributed by atoms with Crippen LogP contribution in [-0.4, -0.2) is 24.8 Å². The molecule has 0 bridgehead atoms. The van der Waals surface area contributed by atoms with Gasteiger partial charge in [-0.25, -0.2) is 0 Å². The number of rotatable bonds is 6. The lowest BCUT2D eigenvalue weighted by Crippen LogP contribution is -2.26. The van der Waals surface area contributed by atoms with Gasteiger partial charge in [-0.15, -0.1) is 0 Å². The highest BCUT2D eigenvalue weighted by atomic mass is 79.9. The normalized spacial score (nSPS) is 27.7. The standard InChI is InChI=1S/C17H24BrNO/c1-12-5-8-17(20-12)10-14(11-19-16-6-7-16)13-3-2-4-15(18)9-13/h2-4,9,12,14,16-17,19H,5-8,10-11H2,1H3. The van der Waals surface area contributed by atoms with Crippen molar-refractivity contribution in [2.75, 3.05) is 6.54 Å². The zero-order chi connectivity index (χ0) is 13.9. The summed E-state index contributed by atoms with van der Waals surface area (Å²) in [5, 5.41) is 3.69. The summed E-state index contributed by atoms with van der Waals surface area (Å²) in [5.41, 5.74) is 1.43. The van der Waals surface area contributed by atoms with Gasteiger partial charge in [0.25, 0.3) is 0 Å². The molecule has 0 spiro atoms. The smallest absolute Gasteiger partial charge is 0.0586 e. The summed E-state index contributed by atoms with van der Waals surface area (Å²) in [7, 11) is 0. The van der Waals surface area contributed by atoms with E-state index >= 15 is 0 Å². The van der Waals surface area contributed by atoms with Crippen LogP contribution >= 0.6 is 15.9 Å². The van der Waals surface area contributed by atoms with Crippen LogP contribution in [0.5, 0.6) is 0 Å². The van der Waals surface area contributed by atoms with Gasteiger partial charge in [-0.1, -0.05) is 28.1 Å². The van der Waals surface area contributed by atoms with Crippen molar-refractivity contribution >= 4 is 15.9 Å². The van der Waals surface area contributed by atoms with Crippen molar-refractivity contribution in [3.05, 3.63) is 34.3 Å². The average molecular weight is 338 g/mol. The third-order valence-electron chi connectivity index (χ3n) is 4.42. The van der Waals surface area contributed by atoms with Gasteiger partial charge in [0.15, 0.2) is 0 Å². The minimum atomic E-state index is 0.440. The number of benzene rings is 1. The number of hydrogen-bond donors (Lipinski definition) is 1. The fraction of sp³-hybridized carbons (Fsp3) is 0.647. The van der Waals surface area contributed by atoms with Gasteiger partial charge in [-0.3, -0.25) is 0 Å². The Hall–Kier alpha value is -0.380. The van der Waals surface area contributed by atoms with Crippen LogP contribution in [0.25, 0.3) is 0 Å². The van der Waals surface area contributed by atoms with E-state index in [-0.39, 0.29) is 0 Å². The number of nitrogens with one attached hydrogen (secondary N) is 1. The Kier molecular flexibility index (Phi) is 4.79. The topological polar surface area (TPSA) is 21.3 Å². The average Bonchev–Trinajstić information content (AvgIpc) is 3.17. The molecule has 1 aliphatic heterocycles. The molecule has 0 amide bonds. The Morgan fingerprint density at radius 3 is 2.80 bits per heavy atom. The molecule has 1 saturated carbocycles. The van der Waals surface area contributed by atoms with E-state index in [1.54, 1.807) is 0 Å². The van der Waals surface area contributed by atoms with E-state index in [2.05, 4.69) is 52.4 Å². The van der Waals surface area contributed by atoms with Crippen LogP contribution in [-0.2, 0) is 4.74 Å². The van der Waals surface area contributed by atoms with Gasteiger partial charge in [0.1, 0.15) is 0 Å². The zero-order valence-electron chi connectivity index (χ0n) is 12.1. The lowest BCUT2D eigenvalue weighted by molar-refractivity contribution is 0.0465. The first-order valence-electron chi connectivity index (χ1n) is 7.85. The van der Waals surface area contributed by atoms with Crippen molar-refractivity contribution in [3.8, 4) is 0 Å². The first-order valence-corrected chi connectivity index (χ1v) is 8.64. The lowest BCUT2D eigenvalue weighted by atomic mass is 9.92. The maximum Gasteiger partial charge on any atom is 0.0586 e. The molecule has 1 saturated heterocycles. The third kappa shape index (κ3) is 4.06. The Balaban J connectivity index is 1.65. The van der Waals surface area contributed by atoms with E-state index in [0.717, 1.165) is 19.0 Å². The maximum absolute atomic E-state index is 6.03. The number of hydrogen-bond acceptors (Lipinski definition) is 2. The molecule has 1 aromatic rings. The largest absolute Gasteiger partial charge is 0.375 e. The predicted octanol–water partition coefficient (Wildman–Crippen LogP) is 4.24. The molecule has 1 heterocycles. The zero-order valence-corrected chi connectivity index (χ0v) is 13.7. The van der Waals surface area contributed by atoms with E-state index < -0.39 is 0 Å². The van der Waals surface area contributed by atoms with Crippen molar-refractivity contribution in [1.29, 1.82) is 0 Å². The first kappa shape index (κ1) is 14.6. The van der Waals surface area contributed by atoms with Crippen molar-refractivity contribution in [2.45, 2.75) is 63.2 Å². The molecule has 20 heavy (non-hydrogen) atoms. The molecule has 1 aromatic carbocycles. The number of ether oxygens (including phenoxy) is 1. The molecule has 0 aromatic heterocycles. The number of halogens is 1. The quantitative estimate of drug-likeness (QED) is 0.838. The highest BCUT2D eigenvalue weighted by Gasteiger charge is 2.27. The van der Waals surface area contributed by atoms with Crippen molar-refractivity contribution < 1.29 is 4.74 Å². The van der Waals surface area contributed by atoms with Gasteiger partial charge < -0.3 is 10.1 Å².